The molecule has 0 unspecified atom stereocenters. The number of hydrogen-bond donors (Lipinski definition) is 5. The molecule has 0 radical (unpaired) electrons. The van der Waals surface area contributed by atoms with Gasteiger partial charge in [-0.3, -0.25) is 18.9 Å². The van der Waals surface area contributed by atoms with Gasteiger partial charge in [-0.25, -0.2) is 4.57 Å². The van der Waals surface area contributed by atoms with E-state index in [4.69, 9.17) is 19.3 Å². The number of ketones is 1. The van der Waals surface area contributed by atoms with Crippen LogP contribution in [-0.2, 0) is 32.9 Å². The second-order valence-electron chi connectivity index (χ2n) is 14.5. The quantitative estimate of drug-likeness (QED) is 0.0184. The van der Waals surface area contributed by atoms with E-state index in [1.165, 1.54) is 0 Å². The number of aliphatic hydroxyl groups excluding tert-OH is 3. The van der Waals surface area contributed by atoms with Crippen LogP contribution in [0.3, 0.4) is 0 Å². The number of carbonyl (C=O) groups excluding carboxylic acids is 3. The maximum Gasteiger partial charge on any atom is 0.469 e. The smallest absolute Gasteiger partial charge is 0.462 e. The number of hydrogen-bond acceptors (Lipinski definition) is 10. The van der Waals surface area contributed by atoms with E-state index in [9.17, 15) is 34.3 Å². The molecular formula is C45H71O12P. The van der Waals surface area contributed by atoms with E-state index < -0.39 is 69.2 Å². The van der Waals surface area contributed by atoms with Crippen LogP contribution in [0, 0.1) is 11.8 Å². The van der Waals surface area contributed by atoms with Gasteiger partial charge in [-0.1, -0.05) is 118 Å². The molecule has 5 N–H and O–H groups in total. The monoisotopic (exact) mass is 834 g/mol. The number of carbonyl (C=O) groups is 3. The van der Waals surface area contributed by atoms with Gasteiger partial charge in [0.2, 0.25) is 0 Å². The molecule has 1 fully saturated rings. The highest BCUT2D eigenvalue weighted by Gasteiger charge is 2.41. The molecule has 0 aliphatic heterocycles. The summed E-state index contributed by atoms with van der Waals surface area (Å²) < 4.78 is 26.2. The fourth-order valence-electron chi connectivity index (χ4n) is 6.22. The molecular weight excluding hydrogens is 763 g/mol. The van der Waals surface area contributed by atoms with Gasteiger partial charge in [-0.2, -0.15) is 0 Å². The minimum Gasteiger partial charge on any atom is -0.462 e. The SMILES string of the molecule is CC/C=C\C/C=C\C/C=C\C/C=C\C/C=C\C/C=C\CCC(=O)O[C@H](COC(=O)CCCCC(=O)C[C@@H]1[C@@H](/C=C/[C@@H](O)CCCCC)[C@H](O)C[C@@H]1O)COP(=O)(O)O. The largest absolute Gasteiger partial charge is 0.469 e. The van der Waals surface area contributed by atoms with Crippen LogP contribution in [0.25, 0.3) is 0 Å². The third kappa shape index (κ3) is 29.1. The van der Waals surface area contributed by atoms with Crippen molar-refractivity contribution >= 4 is 25.5 Å². The van der Waals surface area contributed by atoms with Gasteiger partial charge in [-0.05, 0) is 64.2 Å². The van der Waals surface area contributed by atoms with Gasteiger partial charge in [0.05, 0.1) is 24.9 Å². The molecule has 0 amide bonds. The van der Waals surface area contributed by atoms with Crippen LogP contribution in [0.15, 0.2) is 85.1 Å². The van der Waals surface area contributed by atoms with Crippen LogP contribution in [0.1, 0.15) is 129 Å². The highest BCUT2D eigenvalue weighted by Crippen LogP contribution is 2.37. The number of rotatable bonds is 33. The Kier molecular flexibility index (Phi) is 30.6. The van der Waals surface area contributed by atoms with Crippen molar-refractivity contribution in [3.8, 4) is 0 Å². The number of allylic oxidation sites excluding steroid dienone is 12. The third-order valence-corrected chi connectivity index (χ3v) is 9.88. The number of esters is 2. The van der Waals surface area contributed by atoms with E-state index in [0.29, 0.717) is 32.1 Å². The molecule has 58 heavy (non-hydrogen) atoms. The molecule has 1 saturated carbocycles. The fourth-order valence-corrected chi connectivity index (χ4v) is 6.58. The summed E-state index contributed by atoms with van der Waals surface area (Å²) in [7, 11) is -4.87. The summed E-state index contributed by atoms with van der Waals surface area (Å²) in [5.41, 5.74) is 0. The van der Waals surface area contributed by atoms with Crippen LogP contribution >= 0.6 is 7.82 Å². The lowest BCUT2D eigenvalue weighted by molar-refractivity contribution is -0.161. The first-order valence-corrected chi connectivity index (χ1v) is 22.6. The number of phosphoric acid groups is 1. The molecule has 0 spiro atoms. The summed E-state index contributed by atoms with van der Waals surface area (Å²) in [6, 6.07) is 0. The third-order valence-electron chi connectivity index (χ3n) is 9.39. The number of Topliss-reactive ketones (excluding diaryl/α,β-unsaturated/α-hetero) is 1. The Morgan fingerprint density at radius 3 is 1.84 bits per heavy atom. The number of aliphatic hydroxyl groups is 3. The molecule has 0 bridgehead atoms. The lowest BCUT2D eigenvalue weighted by Gasteiger charge is -2.20. The Hall–Kier alpha value is -3.22. The minimum atomic E-state index is -4.87. The first-order chi connectivity index (χ1) is 27.9. The van der Waals surface area contributed by atoms with E-state index in [-0.39, 0.29) is 37.9 Å². The Bertz CT molecular complexity index is 1390. The lowest BCUT2D eigenvalue weighted by atomic mass is 9.87. The molecule has 328 valence electrons. The van der Waals surface area contributed by atoms with Crippen molar-refractivity contribution in [2.75, 3.05) is 13.2 Å². The first-order valence-electron chi connectivity index (χ1n) is 21.1. The fraction of sp³-hybridized carbons (Fsp3) is 0.622. The maximum absolute atomic E-state index is 12.7. The molecule has 1 aliphatic rings. The van der Waals surface area contributed by atoms with Crippen molar-refractivity contribution < 1.29 is 58.1 Å². The average molecular weight is 835 g/mol. The standard InChI is InChI=1S/C45H71O12P/c1-3-5-7-8-9-10-11-12-13-14-15-16-17-18-19-20-21-22-24-30-45(51)57-39(36-56-58(52,53)54)35-55-44(50)29-26-25-28-38(47)33-41-40(42(48)34-43(41)49)32-31-37(46)27-23-6-4-2/h5,7,9-10,12-13,15-16,18-19,21-22,31-32,37,39-43,46,48-49H,3-4,6,8,11,14,17,20,23-30,33-36H2,1-2H3,(H2,52,53,54)/b7-5-,10-9-,13-12-,16-15-,19-18-,22-21-,32-31+/t37-,39+,40+,41+,42+,43-/m0/s1. The van der Waals surface area contributed by atoms with Crippen LogP contribution in [0.5, 0.6) is 0 Å². The summed E-state index contributed by atoms with van der Waals surface area (Å²) >= 11 is 0. The van der Waals surface area contributed by atoms with Crippen LogP contribution in [0.2, 0.25) is 0 Å². The second-order valence-corrected chi connectivity index (χ2v) is 15.8. The summed E-state index contributed by atoms with van der Waals surface area (Å²) in [6.45, 7) is 3.07. The van der Waals surface area contributed by atoms with Crippen molar-refractivity contribution in [2.45, 2.75) is 154 Å². The lowest BCUT2D eigenvalue weighted by Crippen LogP contribution is -2.29. The second kappa shape index (κ2) is 33.6. The number of phosphoric ester groups is 1. The van der Waals surface area contributed by atoms with Crippen molar-refractivity contribution in [3.63, 3.8) is 0 Å². The molecule has 0 aromatic rings. The van der Waals surface area contributed by atoms with Gasteiger partial charge in [0.1, 0.15) is 12.4 Å². The maximum atomic E-state index is 12.7. The van der Waals surface area contributed by atoms with Gasteiger partial charge in [0.15, 0.2) is 6.10 Å². The van der Waals surface area contributed by atoms with Crippen molar-refractivity contribution in [2.24, 2.45) is 11.8 Å². The molecule has 12 nitrogen and oxygen atoms in total. The molecule has 6 atom stereocenters. The Balaban J connectivity index is 2.37. The summed E-state index contributed by atoms with van der Waals surface area (Å²) in [5.74, 6) is -2.30. The number of ether oxygens (including phenoxy) is 2. The zero-order chi connectivity index (χ0) is 42.9. The Morgan fingerprint density at radius 2 is 1.28 bits per heavy atom. The van der Waals surface area contributed by atoms with Crippen molar-refractivity contribution in [3.05, 3.63) is 85.1 Å². The van der Waals surface area contributed by atoms with Gasteiger partial charge < -0.3 is 34.6 Å². The van der Waals surface area contributed by atoms with Crippen LogP contribution in [-0.4, -0.2) is 80.5 Å². The zero-order valence-electron chi connectivity index (χ0n) is 34.7. The van der Waals surface area contributed by atoms with E-state index >= 15 is 0 Å². The van der Waals surface area contributed by atoms with E-state index in [0.717, 1.165) is 51.4 Å². The summed E-state index contributed by atoms with van der Waals surface area (Å²) in [6.07, 6.45) is 35.3. The van der Waals surface area contributed by atoms with E-state index in [1.54, 1.807) is 12.2 Å². The minimum absolute atomic E-state index is 0.00539. The van der Waals surface area contributed by atoms with Crippen LogP contribution < -0.4 is 0 Å². The highest BCUT2D eigenvalue weighted by molar-refractivity contribution is 7.46. The molecule has 0 saturated heterocycles. The Morgan fingerprint density at radius 1 is 0.707 bits per heavy atom. The topological polar surface area (TPSA) is 197 Å². The normalized spacial score (nSPS) is 20.3. The first kappa shape index (κ1) is 52.8. The van der Waals surface area contributed by atoms with Gasteiger partial charge in [0, 0.05) is 43.9 Å². The predicted octanol–water partition coefficient (Wildman–Crippen LogP) is 8.40. The average Bonchev–Trinajstić information content (AvgIpc) is 3.44. The predicted molar refractivity (Wildman–Crippen MR) is 227 cm³/mol. The molecule has 13 heteroatoms. The molecule has 0 heterocycles. The van der Waals surface area contributed by atoms with Crippen molar-refractivity contribution in [1.29, 1.82) is 0 Å². The Labute approximate surface area is 346 Å². The zero-order valence-corrected chi connectivity index (χ0v) is 35.6. The molecule has 1 rings (SSSR count). The van der Waals surface area contributed by atoms with Crippen molar-refractivity contribution in [1.82, 2.24) is 0 Å². The highest BCUT2D eigenvalue weighted by atomic mass is 31.2. The molecule has 1 aliphatic carbocycles. The van der Waals surface area contributed by atoms with Gasteiger partial charge in [0.25, 0.3) is 0 Å². The van der Waals surface area contributed by atoms with Gasteiger partial charge >= 0.3 is 19.8 Å². The van der Waals surface area contributed by atoms with E-state index in [1.807, 2.05) is 18.2 Å². The molecule has 0 aromatic carbocycles. The summed E-state index contributed by atoms with van der Waals surface area (Å²) in [4.78, 5) is 55.8. The number of unbranched alkanes of at least 4 members (excludes halogenated alkanes) is 3. The molecule has 0 aromatic heterocycles. The van der Waals surface area contributed by atoms with Crippen LogP contribution in [0.4, 0.5) is 0 Å². The summed E-state index contributed by atoms with van der Waals surface area (Å²) in [5, 5.41) is 31.2. The van der Waals surface area contributed by atoms with E-state index in [2.05, 4.69) is 73.1 Å². The van der Waals surface area contributed by atoms with Gasteiger partial charge in [-0.15, -0.1) is 0 Å².